The molecule has 2 heteroatoms. The lowest BCUT2D eigenvalue weighted by atomic mass is 10.2. The minimum Gasteiger partial charge on any atom is -0.497 e. The van der Waals surface area contributed by atoms with E-state index in [1.165, 1.54) is 19.4 Å². The molecule has 1 rings (SSSR count). The molecule has 0 N–H and O–H groups in total. The Morgan fingerprint density at radius 3 is 2.92 bits per heavy atom. The van der Waals surface area contributed by atoms with Crippen LogP contribution >= 0.6 is 0 Å². The fourth-order valence-electron chi connectivity index (χ4n) is 1.50. The van der Waals surface area contributed by atoms with Gasteiger partial charge in [-0.05, 0) is 40.3 Å². The van der Waals surface area contributed by atoms with Crippen molar-refractivity contribution in [1.82, 2.24) is 4.90 Å². The van der Waals surface area contributed by atoms with Gasteiger partial charge in [-0.15, -0.1) is 0 Å². The van der Waals surface area contributed by atoms with E-state index < -0.39 is 0 Å². The molecule has 70 valence electrons. The van der Waals surface area contributed by atoms with Gasteiger partial charge in [0.1, 0.15) is 6.61 Å². The number of likely N-dealkylation sites (N-methyl/N-ethyl adjacent to an activating group) is 1. The molecule has 0 spiro atoms. The van der Waals surface area contributed by atoms with Crippen LogP contribution in [0.1, 0.15) is 26.7 Å². The van der Waals surface area contributed by atoms with Crippen LogP contribution < -0.4 is 0 Å². The first-order valence-electron chi connectivity index (χ1n) is 4.70. The van der Waals surface area contributed by atoms with E-state index >= 15 is 0 Å². The fraction of sp³-hybridized carbons (Fsp3) is 0.800. The van der Waals surface area contributed by atoms with Gasteiger partial charge in [-0.3, -0.25) is 0 Å². The third kappa shape index (κ3) is 2.52. The molecule has 1 saturated heterocycles. The molecule has 0 unspecified atom stereocenters. The molecule has 0 bridgehead atoms. The SMILES string of the molecule is C/C=C(/C)OC[C@@H]1CCCN1C. The largest absolute Gasteiger partial charge is 0.497 e. The summed E-state index contributed by atoms with van der Waals surface area (Å²) in [6.45, 7) is 6.10. The highest BCUT2D eigenvalue weighted by molar-refractivity contribution is 4.86. The molecule has 0 amide bonds. The van der Waals surface area contributed by atoms with Crippen LogP contribution in [-0.2, 0) is 4.74 Å². The molecule has 0 aliphatic carbocycles. The topological polar surface area (TPSA) is 12.5 Å². The third-order valence-corrected chi connectivity index (χ3v) is 2.58. The summed E-state index contributed by atoms with van der Waals surface area (Å²) < 4.78 is 5.56. The monoisotopic (exact) mass is 169 g/mol. The average Bonchev–Trinajstić information content (AvgIpc) is 2.47. The maximum absolute atomic E-state index is 5.56. The van der Waals surface area contributed by atoms with Gasteiger partial charge >= 0.3 is 0 Å². The number of hydrogen-bond donors (Lipinski definition) is 0. The van der Waals surface area contributed by atoms with E-state index in [2.05, 4.69) is 11.9 Å². The quantitative estimate of drug-likeness (QED) is 0.599. The Kier molecular flexibility index (Phi) is 3.60. The van der Waals surface area contributed by atoms with Crippen LogP contribution in [0.5, 0.6) is 0 Å². The lowest BCUT2D eigenvalue weighted by Crippen LogP contribution is -2.29. The standard InChI is InChI=1S/C10H19NO/c1-4-9(2)12-8-10-6-5-7-11(10)3/h4,10H,5-8H2,1-3H3/b9-4-/t10-/m0/s1. The van der Waals surface area contributed by atoms with Crippen LogP contribution in [0.15, 0.2) is 11.8 Å². The molecule has 2 nitrogen and oxygen atoms in total. The van der Waals surface area contributed by atoms with E-state index in [0.29, 0.717) is 6.04 Å². The second-order valence-corrected chi connectivity index (χ2v) is 3.49. The summed E-state index contributed by atoms with van der Waals surface area (Å²) in [7, 11) is 2.17. The first kappa shape index (κ1) is 9.59. The Bertz CT molecular complexity index is 165. The van der Waals surface area contributed by atoms with E-state index in [9.17, 15) is 0 Å². The van der Waals surface area contributed by atoms with Crippen molar-refractivity contribution >= 4 is 0 Å². The maximum atomic E-state index is 5.56. The highest BCUT2D eigenvalue weighted by Crippen LogP contribution is 2.15. The molecule has 1 heterocycles. The van der Waals surface area contributed by atoms with E-state index in [-0.39, 0.29) is 0 Å². The molecular weight excluding hydrogens is 150 g/mol. The van der Waals surface area contributed by atoms with Crippen molar-refractivity contribution in [2.24, 2.45) is 0 Å². The van der Waals surface area contributed by atoms with Crippen LogP contribution in [0.2, 0.25) is 0 Å². The summed E-state index contributed by atoms with van der Waals surface area (Å²) in [5.41, 5.74) is 0. The lowest BCUT2D eigenvalue weighted by Gasteiger charge is -2.19. The van der Waals surface area contributed by atoms with Crippen LogP contribution in [0.3, 0.4) is 0 Å². The van der Waals surface area contributed by atoms with Crippen LogP contribution in [0.25, 0.3) is 0 Å². The van der Waals surface area contributed by atoms with Crippen molar-refractivity contribution in [3.8, 4) is 0 Å². The van der Waals surface area contributed by atoms with Crippen molar-refractivity contribution in [1.29, 1.82) is 0 Å². The van der Waals surface area contributed by atoms with Gasteiger partial charge in [-0.1, -0.05) is 6.08 Å². The number of ether oxygens (including phenoxy) is 1. The summed E-state index contributed by atoms with van der Waals surface area (Å²) in [5.74, 6) is 1.04. The molecule has 0 saturated carbocycles. The summed E-state index contributed by atoms with van der Waals surface area (Å²) in [6.07, 6.45) is 4.61. The Labute approximate surface area is 75.2 Å². The number of rotatable bonds is 3. The molecule has 1 aliphatic rings. The molecule has 0 aromatic carbocycles. The van der Waals surface area contributed by atoms with Gasteiger partial charge in [0, 0.05) is 6.04 Å². The Morgan fingerprint density at radius 1 is 1.67 bits per heavy atom. The molecule has 0 aromatic rings. The van der Waals surface area contributed by atoms with Gasteiger partial charge in [-0.2, -0.15) is 0 Å². The van der Waals surface area contributed by atoms with E-state index in [1.807, 2.05) is 19.9 Å². The summed E-state index contributed by atoms with van der Waals surface area (Å²) in [6, 6.07) is 0.639. The zero-order valence-electron chi connectivity index (χ0n) is 8.34. The molecule has 0 radical (unpaired) electrons. The van der Waals surface area contributed by atoms with Crippen LogP contribution in [-0.4, -0.2) is 31.1 Å². The minimum absolute atomic E-state index is 0.639. The number of likely N-dealkylation sites (tertiary alicyclic amines) is 1. The highest BCUT2D eigenvalue weighted by atomic mass is 16.5. The number of nitrogens with zero attached hydrogens (tertiary/aromatic N) is 1. The molecular formula is C10H19NO. The van der Waals surface area contributed by atoms with Crippen LogP contribution in [0.4, 0.5) is 0 Å². The lowest BCUT2D eigenvalue weighted by molar-refractivity contribution is 0.140. The first-order chi connectivity index (χ1) is 5.74. The van der Waals surface area contributed by atoms with Crippen molar-refractivity contribution in [2.45, 2.75) is 32.7 Å². The first-order valence-corrected chi connectivity index (χ1v) is 4.70. The zero-order chi connectivity index (χ0) is 8.97. The summed E-state index contributed by atoms with van der Waals surface area (Å²) in [5, 5.41) is 0. The minimum atomic E-state index is 0.639. The Hall–Kier alpha value is -0.500. The summed E-state index contributed by atoms with van der Waals surface area (Å²) >= 11 is 0. The normalized spacial score (nSPS) is 26.2. The highest BCUT2D eigenvalue weighted by Gasteiger charge is 2.20. The van der Waals surface area contributed by atoms with Gasteiger partial charge in [0.25, 0.3) is 0 Å². The smallest absolute Gasteiger partial charge is 0.103 e. The molecule has 12 heavy (non-hydrogen) atoms. The van der Waals surface area contributed by atoms with Crippen molar-refractivity contribution < 1.29 is 4.74 Å². The number of hydrogen-bond acceptors (Lipinski definition) is 2. The zero-order valence-corrected chi connectivity index (χ0v) is 8.34. The van der Waals surface area contributed by atoms with Crippen molar-refractivity contribution in [2.75, 3.05) is 20.2 Å². The van der Waals surface area contributed by atoms with Crippen molar-refractivity contribution in [3.05, 3.63) is 11.8 Å². The predicted octanol–water partition coefficient (Wildman–Crippen LogP) is 2.02. The second-order valence-electron chi connectivity index (χ2n) is 3.49. The van der Waals surface area contributed by atoms with E-state index in [1.54, 1.807) is 0 Å². The van der Waals surface area contributed by atoms with Crippen LogP contribution in [0, 0.1) is 0 Å². The third-order valence-electron chi connectivity index (χ3n) is 2.58. The van der Waals surface area contributed by atoms with Gasteiger partial charge in [0.2, 0.25) is 0 Å². The molecule has 1 atom stereocenters. The Morgan fingerprint density at radius 2 is 2.42 bits per heavy atom. The maximum Gasteiger partial charge on any atom is 0.103 e. The summed E-state index contributed by atoms with van der Waals surface area (Å²) in [4.78, 5) is 2.38. The fourth-order valence-corrected chi connectivity index (χ4v) is 1.50. The van der Waals surface area contributed by atoms with E-state index in [4.69, 9.17) is 4.74 Å². The Balaban J connectivity index is 2.22. The second kappa shape index (κ2) is 4.51. The number of allylic oxidation sites excluding steroid dienone is 2. The average molecular weight is 169 g/mol. The molecule has 1 fully saturated rings. The van der Waals surface area contributed by atoms with Gasteiger partial charge < -0.3 is 9.64 Å². The van der Waals surface area contributed by atoms with Gasteiger partial charge in [0.05, 0.1) is 5.76 Å². The van der Waals surface area contributed by atoms with E-state index in [0.717, 1.165) is 12.4 Å². The molecule has 1 aliphatic heterocycles. The van der Waals surface area contributed by atoms with Gasteiger partial charge in [-0.25, -0.2) is 0 Å². The predicted molar refractivity (Wildman–Crippen MR) is 51.0 cm³/mol. The molecule has 0 aromatic heterocycles. The van der Waals surface area contributed by atoms with Gasteiger partial charge in [0.15, 0.2) is 0 Å². The van der Waals surface area contributed by atoms with Crippen molar-refractivity contribution in [3.63, 3.8) is 0 Å².